The lowest BCUT2D eigenvalue weighted by molar-refractivity contribution is -0.239. The number of hydrogen-bond donors (Lipinski definition) is 0. The van der Waals surface area contributed by atoms with E-state index >= 15 is 0 Å². The molecule has 1 aliphatic rings. The second kappa shape index (κ2) is 5.55. The SMILES string of the molecule is CC(=O)Oc1ccc(CC2C(=O)OC(C)(C)OC2=O)cc1. The molecule has 1 aliphatic heterocycles. The summed E-state index contributed by atoms with van der Waals surface area (Å²) in [7, 11) is 0. The minimum atomic E-state index is -1.22. The molecule has 0 aromatic heterocycles. The van der Waals surface area contributed by atoms with Crippen molar-refractivity contribution >= 4 is 17.9 Å². The fourth-order valence-electron chi connectivity index (χ4n) is 2.01. The summed E-state index contributed by atoms with van der Waals surface area (Å²) < 4.78 is 15.0. The first-order valence-corrected chi connectivity index (χ1v) is 6.50. The van der Waals surface area contributed by atoms with Gasteiger partial charge >= 0.3 is 17.9 Å². The van der Waals surface area contributed by atoms with Gasteiger partial charge in [0.05, 0.1) is 0 Å². The molecule has 6 heteroatoms. The second-order valence-corrected chi connectivity index (χ2v) is 5.24. The van der Waals surface area contributed by atoms with Gasteiger partial charge in [-0.15, -0.1) is 0 Å². The van der Waals surface area contributed by atoms with Gasteiger partial charge in [0.1, 0.15) is 5.75 Å². The fraction of sp³-hybridized carbons (Fsp3) is 0.400. The lowest BCUT2D eigenvalue weighted by Crippen LogP contribution is -2.46. The van der Waals surface area contributed by atoms with E-state index in [1.807, 2.05) is 0 Å². The Hall–Kier alpha value is -2.37. The van der Waals surface area contributed by atoms with E-state index in [1.165, 1.54) is 20.8 Å². The molecule has 1 heterocycles. The third-order valence-electron chi connectivity index (χ3n) is 2.89. The van der Waals surface area contributed by atoms with E-state index in [0.717, 1.165) is 5.56 Å². The first-order valence-electron chi connectivity index (χ1n) is 6.50. The number of carbonyl (C=O) groups excluding carboxylic acids is 3. The van der Waals surface area contributed by atoms with Crippen molar-refractivity contribution < 1.29 is 28.6 Å². The third kappa shape index (κ3) is 3.81. The number of carbonyl (C=O) groups is 3. The van der Waals surface area contributed by atoms with Crippen LogP contribution in [0.1, 0.15) is 26.3 Å². The summed E-state index contributed by atoms with van der Waals surface area (Å²) in [4.78, 5) is 34.5. The molecule has 0 bridgehead atoms. The van der Waals surface area contributed by atoms with Crippen LogP contribution in [0.2, 0.25) is 0 Å². The minimum absolute atomic E-state index is 0.175. The molecule has 6 nitrogen and oxygen atoms in total. The van der Waals surface area contributed by atoms with Crippen LogP contribution in [0.25, 0.3) is 0 Å². The second-order valence-electron chi connectivity index (χ2n) is 5.24. The van der Waals surface area contributed by atoms with Crippen LogP contribution in [0.5, 0.6) is 5.75 Å². The Labute approximate surface area is 122 Å². The number of cyclic esters (lactones) is 2. The van der Waals surface area contributed by atoms with Crippen molar-refractivity contribution in [2.75, 3.05) is 0 Å². The van der Waals surface area contributed by atoms with E-state index in [1.54, 1.807) is 24.3 Å². The average molecular weight is 292 g/mol. The van der Waals surface area contributed by atoms with Crippen LogP contribution >= 0.6 is 0 Å². The summed E-state index contributed by atoms with van der Waals surface area (Å²) in [5, 5.41) is 0. The quantitative estimate of drug-likeness (QED) is 0.478. The van der Waals surface area contributed by atoms with Gasteiger partial charge in [-0.1, -0.05) is 12.1 Å². The molecule has 2 rings (SSSR count). The van der Waals surface area contributed by atoms with Crippen molar-refractivity contribution in [3.63, 3.8) is 0 Å². The van der Waals surface area contributed by atoms with Crippen LogP contribution in [0, 0.1) is 5.92 Å². The number of hydrogen-bond acceptors (Lipinski definition) is 6. The highest BCUT2D eigenvalue weighted by Crippen LogP contribution is 2.26. The van der Waals surface area contributed by atoms with E-state index in [0.29, 0.717) is 5.75 Å². The van der Waals surface area contributed by atoms with Gasteiger partial charge in [-0.3, -0.25) is 14.4 Å². The molecule has 0 saturated carbocycles. The van der Waals surface area contributed by atoms with E-state index in [2.05, 4.69) is 0 Å². The molecule has 0 amide bonds. The molecule has 1 aromatic carbocycles. The Morgan fingerprint density at radius 1 is 1.14 bits per heavy atom. The zero-order valence-electron chi connectivity index (χ0n) is 12.0. The van der Waals surface area contributed by atoms with Gasteiger partial charge in [-0.25, -0.2) is 0 Å². The van der Waals surface area contributed by atoms with Gasteiger partial charge in [-0.05, 0) is 24.1 Å². The summed E-state index contributed by atoms with van der Waals surface area (Å²) >= 11 is 0. The van der Waals surface area contributed by atoms with Crippen LogP contribution in [0.15, 0.2) is 24.3 Å². The highest BCUT2D eigenvalue weighted by molar-refractivity contribution is 5.96. The predicted octanol–water partition coefficient (Wildman–Crippen LogP) is 1.61. The molecule has 0 atom stereocenters. The third-order valence-corrected chi connectivity index (χ3v) is 2.89. The molecule has 0 radical (unpaired) electrons. The van der Waals surface area contributed by atoms with Crippen LogP contribution in [-0.4, -0.2) is 23.7 Å². The summed E-state index contributed by atoms with van der Waals surface area (Å²) in [5.41, 5.74) is 0.740. The lowest BCUT2D eigenvalue weighted by Gasteiger charge is -2.32. The van der Waals surface area contributed by atoms with Crippen LogP contribution in [-0.2, 0) is 30.3 Å². The molecule has 112 valence electrons. The first-order chi connectivity index (χ1) is 9.77. The molecular weight excluding hydrogens is 276 g/mol. The van der Waals surface area contributed by atoms with Crippen molar-refractivity contribution in [3.8, 4) is 5.75 Å². The molecule has 1 fully saturated rings. The van der Waals surface area contributed by atoms with Crippen LogP contribution in [0.4, 0.5) is 0 Å². The zero-order valence-corrected chi connectivity index (χ0v) is 12.0. The largest absolute Gasteiger partial charge is 0.427 e. The van der Waals surface area contributed by atoms with Crippen molar-refractivity contribution in [2.45, 2.75) is 33.0 Å². The van der Waals surface area contributed by atoms with Gasteiger partial charge in [0.2, 0.25) is 0 Å². The topological polar surface area (TPSA) is 78.9 Å². The van der Waals surface area contributed by atoms with Gasteiger partial charge in [-0.2, -0.15) is 0 Å². The monoisotopic (exact) mass is 292 g/mol. The van der Waals surface area contributed by atoms with E-state index in [-0.39, 0.29) is 6.42 Å². The first kappa shape index (κ1) is 15.0. The number of ether oxygens (including phenoxy) is 3. The smallest absolute Gasteiger partial charge is 0.323 e. The molecule has 0 unspecified atom stereocenters. The Morgan fingerprint density at radius 3 is 2.14 bits per heavy atom. The molecule has 0 aliphatic carbocycles. The van der Waals surface area contributed by atoms with Gasteiger partial charge in [0, 0.05) is 20.8 Å². The summed E-state index contributed by atoms with van der Waals surface area (Å²) in [6.45, 7) is 4.32. The molecule has 0 N–H and O–H groups in total. The summed E-state index contributed by atoms with van der Waals surface area (Å²) in [6.07, 6.45) is 0.175. The Balaban J connectivity index is 2.06. The van der Waals surface area contributed by atoms with Gasteiger partial charge < -0.3 is 14.2 Å². The van der Waals surface area contributed by atoms with Crippen molar-refractivity contribution in [1.29, 1.82) is 0 Å². The van der Waals surface area contributed by atoms with Crippen LogP contribution in [0.3, 0.4) is 0 Å². The highest BCUT2D eigenvalue weighted by atomic mass is 16.7. The Kier molecular flexibility index (Phi) is 3.97. The molecule has 1 saturated heterocycles. The van der Waals surface area contributed by atoms with E-state index in [9.17, 15) is 14.4 Å². The molecule has 0 spiro atoms. The number of benzene rings is 1. The summed E-state index contributed by atoms with van der Waals surface area (Å²) in [6, 6.07) is 6.55. The fourth-order valence-corrected chi connectivity index (χ4v) is 2.01. The number of rotatable bonds is 3. The maximum atomic E-state index is 11.8. The lowest BCUT2D eigenvalue weighted by atomic mass is 9.98. The summed E-state index contributed by atoms with van der Waals surface area (Å²) in [5.74, 6) is -3.40. The Morgan fingerprint density at radius 2 is 1.67 bits per heavy atom. The predicted molar refractivity (Wildman–Crippen MR) is 71.2 cm³/mol. The molecule has 21 heavy (non-hydrogen) atoms. The van der Waals surface area contributed by atoms with Gasteiger partial charge in [0.25, 0.3) is 5.79 Å². The maximum absolute atomic E-state index is 11.8. The maximum Gasteiger partial charge on any atom is 0.323 e. The minimum Gasteiger partial charge on any atom is -0.427 e. The zero-order chi connectivity index (χ0) is 15.6. The highest BCUT2D eigenvalue weighted by Gasteiger charge is 2.42. The average Bonchev–Trinajstić information content (AvgIpc) is 2.34. The normalized spacial score (nSPS) is 17.9. The molecule has 1 aromatic rings. The van der Waals surface area contributed by atoms with Crippen LogP contribution < -0.4 is 4.74 Å². The van der Waals surface area contributed by atoms with Gasteiger partial charge in [0.15, 0.2) is 5.92 Å². The number of esters is 3. The van der Waals surface area contributed by atoms with E-state index < -0.39 is 29.6 Å². The standard InChI is InChI=1S/C15H16O6/c1-9(16)19-11-6-4-10(5-7-11)8-12-13(17)20-15(2,3)21-14(12)18/h4-7,12H,8H2,1-3H3. The van der Waals surface area contributed by atoms with Crippen molar-refractivity contribution in [1.82, 2.24) is 0 Å². The van der Waals surface area contributed by atoms with Crippen molar-refractivity contribution in [2.24, 2.45) is 5.92 Å². The Bertz CT molecular complexity index is 552. The van der Waals surface area contributed by atoms with E-state index in [4.69, 9.17) is 14.2 Å². The van der Waals surface area contributed by atoms with Crippen molar-refractivity contribution in [3.05, 3.63) is 29.8 Å². The molecular formula is C15H16O6.